The number of carbonyl (C=O) groups is 1. The minimum Gasteiger partial charge on any atom is -0.399 e. The fraction of sp³-hybridized carbons (Fsp3) is 0.412. The Morgan fingerprint density at radius 1 is 1.22 bits per heavy atom. The molecule has 0 atom stereocenters. The smallest absolute Gasteiger partial charge is 0.257 e. The van der Waals surface area contributed by atoms with Gasteiger partial charge in [-0.25, -0.2) is 4.98 Å². The highest BCUT2D eigenvalue weighted by atomic mass is 35.5. The van der Waals surface area contributed by atoms with Crippen LogP contribution in [0, 0.1) is 6.92 Å². The van der Waals surface area contributed by atoms with E-state index in [0.29, 0.717) is 16.4 Å². The Labute approximate surface area is 146 Å². The van der Waals surface area contributed by atoms with E-state index in [1.165, 1.54) is 36.3 Å². The van der Waals surface area contributed by atoms with Crippen LogP contribution in [-0.2, 0) is 12.8 Å². The molecule has 0 unspecified atom stereocenters. The molecule has 0 saturated heterocycles. The van der Waals surface area contributed by atoms with Crippen LogP contribution in [0.25, 0.3) is 0 Å². The van der Waals surface area contributed by atoms with Crippen molar-refractivity contribution in [3.05, 3.63) is 39.9 Å². The number of halogens is 1. The molecule has 0 saturated carbocycles. The molecule has 0 spiro atoms. The van der Waals surface area contributed by atoms with Crippen molar-refractivity contribution in [3.63, 3.8) is 0 Å². The largest absolute Gasteiger partial charge is 0.399 e. The molecular weight excluding hydrogens is 330 g/mol. The number of benzene rings is 1. The van der Waals surface area contributed by atoms with Gasteiger partial charge in [-0.3, -0.25) is 10.1 Å². The van der Waals surface area contributed by atoms with Crippen LogP contribution in [0.5, 0.6) is 0 Å². The van der Waals surface area contributed by atoms with Crippen molar-refractivity contribution in [3.8, 4) is 0 Å². The molecule has 2 aromatic rings. The topological polar surface area (TPSA) is 68.0 Å². The number of hydrogen-bond donors (Lipinski definition) is 2. The number of amides is 1. The minimum absolute atomic E-state index is 0. The maximum absolute atomic E-state index is 12.4. The summed E-state index contributed by atoms with van der Waals surface area (Å²) >= 11 is 1.62. The summed E-state index contributed by atoms with van der Waals surface area (Å²) in [6.45, 7) is 1.91. The molecule has 1 amide bonds. The van der Waals surface area contributed by atoms with Crippen LogP contribution in [0.15, 0.2) is 18.2 Å². The Morgan fingerprint density at radius 2 is 1.96 bits per heavy atom. The van der Waals surface area contributed by atoms with E-state index in [9.17, 15) is 4.79 Å². The molecule has 3 rings (SSSR count). The summed E-state index contributed by atoms with van der Waals surface area (Å²) < 4.78 is 0. The average molecular weight is 352 g/mol. The number of nitrogens with one attached hydrogen (secondary N) is 1. The van der Waals surface area contributed by atoms with E-state index in [4.69, 9.17) is 5.73 Å². The van der Waals surface area contributed by atoms with Crippen molar-refractivity contribution in [1.82, 2.24) is 4.98 Å². The molecule has 0 aliphatic heterocycles. The van der Waals surface area contributed by atoms with E-state index in [1.807, 2.05) is 13.0 Å². The van der Waals surface area contributed by atoms with E-state index >= 15 is 0 Å². The highest BCUT2D eigenvalue weighted by Gasteiger charge is 2.16. The van der Waals surface area contributed by atoms with Gasteiger partial charge in [0.1, 0.15) is 0 Å². The third kappa shape index (κ3) is 4.24. The first-order chi connectivity index (χ1) is 10.6. The number of carbonyl (C=O) groups excluding carboxylic acids is 1. The molecule has 124 valence electrons. The molecule has 4 nitrogen and oxygen atoms in total. The molecule has 1 aliphatic carbocycles. The minimum atomic E-state index is -0.133. The molecule has 0 fully saturated rings. The fourth-order valence-electron chi connectivity index (χ4n) is 2.81. The summed E-state index contributed by atoms with van der Waals surface area (Å²) in [7, 11) is 0. The van der Waals surface area contributed by atoms with Gasteiger partial charge in [0.15, 0.2) is 5.13 Å². The van der Waals surface area contributed by atoms with Crippen LogP contribution in [0.3, 0.4) is 0 Å². The lowest BCUT2D eigenvalue weighted by Gasteiger charge is -2.06. The van der Waals surface area contributed by atoms with E-state index in [1.54, 1.807) is 23.5 Å². The highest BCUT2D eigenvalue weighted by molar-refractivity contribution is 7.15. The molecule has 1 aliphatic rings. The van der Waals surface area contributed by atoms with Crippen molar-refractivity contribution in [2.24, 2.45) is 0 Å². The van der Waals surface area contributed by atoms with Gasteiger partial charge in [-0.2, -0.15) is 0 Å². The van der Waals surface area contributed by atoms with Gasteiger partial charge in [-0.05, 0) is 50.3 Å². The Hall–Kier alpha value is -1.59. The molecule has 3 N–H and O–H groups in total. The van der Waals surface area contributed by atoms with Crippen LogP contribution < -0.4 is 11.1 Å². The van der Waals surface area contributed by atoms with Crippen molar-refractivity contribution < 1.29 is 4.79 Å². The van der Waals surface area contributed by atoms with Gasteiger partial charge < -0.3 is 5.73 Å². The van der Waals surface area contributed by atoms with Crippen LogP contribution in [0.4, 0.5) is 10.8 Å². The van der Waals surface area contributed by atoms with Crippen LogP contribution in [0.2, 0.25) is 0 Å². The lowest BCUT2D eigenvalue weighted by molar-refractivity contribution is 0.102. The molecule has 6 heteroatoms. The molecular formula is C17H22ClN3OS. The van der Waals surface area contributed by atoms with Gasteiger partial charge in [0.05, 0.1) is 5.69 Å². The second kappa shape index (κ2) is 7.79. The molecule has 1 aromatic heterocycles. The third-order valence-electron chi connectivity index (χ3n) is 4.07. The second-order valence-electron chi connectivity index (χ2n) is 5.83. The van der Waals surface area contributed by atoms with Crippen molar-refractivity contribution in [2.75, 3.05) is 11.1 Å². The van der Waals surface area contributed by atoms with Crippen molar-refractivity contribution in [1.29, 1.82) is 0 Å². The van der Waals surface area contributed by atoms with Gasteiger partial charge in [-0.15, -0.1) is 23.7 Å². The number of anilines is 2. The van der Waals surface area contributed by atoms with Gasteiger partial charge in [0.2, 0.25) is 0 Å². The summed E-state index contributed by atoms with van der Waals surface area (Å²) in [6.07, 6.45) is 7.09. The van der Waals surface area contributed by atoms with E-state index in [0.717, 1.165) is 18.4 Å². The van der Waals surface area contributed by atoms with Crippen molar-refractivity contribution in [2.45, 2.75) is 45.4 Å². The monoisotopic (exact) mass is 351 g/mol. The summed E-state index contributed by atoms with van der Waals surface area (Å²) in [5, 5.41) is 3.64. The molecule has 0 radical (unpaired) electrons. The van der Waals surface area contributed by atoms with E-state index in [2.05, 4.69) is 10.3 Å². The molecule has 1 aromatic carbocycles. The lowest BCUT2D eigenvalue weighted by atomic mass is 10.0. The standard InChI is InChI=1S/C17H21N3OS.ClH/c1-11-8-9-12(18)10-13(11)16(21)20-17-19-14-6-4-2-3-5-7-15(14)22-17;/h8-10H,2-7,18H2,1H3,(H,19,20,21);1H. The third-order valence-corrected chi connectivity index (χ3v) is 5.15. The lowest BCUT2D eigenvalue weighted by Crippen LogP contribution is -2.13. The number of nitrogens with two attached hydrogens (primary N) is 1. The average Bonchev–Trinajstić information content (AvgIpc) is 2.82. The number of thiazole rings is 1. The Balaban J connectivity index is 0.00000192. The van der Waals surface area contributed by atoms with Crippen LogP contribution in [-0.4, -0.2) is 10.9 Å². The number of hydrogen-bond acceptors (Lipinski definition) is 4. The molecule has 1 heterocycles. The number of rotatable bonds is 2. The molecule has 0 bridgehead atoms. The van der Waals surface area contributed by atoms with E-state index in [-0.39, 0.29) is 18.3 Å². The maximum atomic E-state index is 12.4. The molecule has 23 heavy (non-hydrogen) atoms. The zero-order valence-corrected chi connectivity index (χ0v) is 14.9. The van der Waals surface area contributed by atoms with Crippen LogP contribution >= 0.6 is 23.7 Å². The van der Waals surface area contributed by atoms with Crippen LogP contribution in [0.1, 0.15) is 52.2 Å². The second-order valence-corrected chi connectivity index (χ2v) is 6.92. The Bertz CT molecular complexity index is 674. The zero-order valence-electron chi connectivity index (χ0n) is 13.2. The number of fused-ring (bicyclic) bond motifs is 1. The maximum Gasteiger partial charge on any atom is 0.257 e. The Kier molecular flexibility index (Phi) is 6.02. The van der Waals surface area contributed by atoms with Gasteiger partial charge in [-0.1, -0.05) is 18.9 Å². The van der Waals surface area contributed by atoms with E-state index < -0.39 is 0 Å². The van der Waals surface area contributed by atoms with Gasteiger partial charge in [0.25, 0.3) is 5.91 Å². The summed E-state index contributed by atoms with van der Waals surface area (Å²) in [5.41, 5.74) is 9.08. The first kappa shape index (κ1) is 17.8. The summed E-state index contributed by atoms with van der Waals surface area (Å²) in [5.74, 6) is -0.133. The van der Waals surface area contributed by atoms with Gasteiger partial charge >= 0.3 is 0 Å². The Morgan fingerprint density at radius 3 is 2.74 bits per heavy atom. The van der Waals surface area contributed by atoms with Gasteiger partial charge in [0, 0.05) is 16.1 Å². The number of nitrogen functional groups attached to an aromatic ring is 1. The predicted octanol–water partition coefficient (Wildman–Crippen LogP) is 4.37. The SMILES string of the molecule is Cc1ccc(N)cc1C(=O)Nc1nc2c(s1)CCCCCC2.Cl. The fourth-order valence-corrected chi connectivity index (χ4v) is 3.85. The predicted molar refractivity (Wildman–Crippen MR) is 98.8 cm³/mol. The quantitative estimate of drug-likeness (QED) is 0.789. The summed E-state index contributed by atoms with van der Waals surface area (Å²) in [4.78, 5) is 18.4. The highest BCUT2D eigenvalue weighted by Crippen LogP contribution is 2.29. The normalized spacial score (nSPS) is 14.1. The number of aromatic nitrogens is 1. The zero-order chi connectivity index (χ0) is 15.5. The first-order valence-electron chi connectivity index (χ1n) is 7.79. The summed E-state index contributed by atoms with van der Waals surface area (Å²) in [6, 6.07) is 5.39. The number of aryl methyl sites for hydroxylation is 3. The van der Waals surface area contributed by atoms with Crippen molar-refractivity contribution >= 4 is 40.5 Å². The first-order valence-corrected chi connectivity index (χ1v) is 8.61. The number of nitrogens with zero attached hydrogens (tertiary/aromatic N) is 1.